The second kappa shape index (κ2) is 7.27. The Morgan fingerprint density at radius 3 is 2.70 bits per heavy atom. The van der Waals surface area contributed by atoms with Gasteiger partial charge in [-0.05, 0) is 42.5 Å². The SMILES string of the molecule is COCC1=CC=C(C2(c3cccc(F)c3)CCCCC2)CC=C1. The maximum Gasteiger partial charge on any atom is 0.123 e. The van der Waals surface area contributed by atoms with Gasteiger partial charge in [-0.2, -0.15) is 0 Å². The van der Waals surface area contributed by atoms with Crippen LogP contribution in [0.2, 0.25) is 0 Å². The molecular formula is C21H25FO. The monoisotopic (exact) mass is 312 g/mol. The maximum atomic E-state index is 13.8. The van der Waals surface area contributed by atoms with Crippen LogP contribution in [0.15, 0.2) is 59.7 Å². The van der Waals surface area contributed by atoms with Crippen molar-refractivity contribution in [3.05, 3.63) is 71.1 Å². The molecule has 0 aliphatic heterocycles. The lowest BCUT2D eigenvalue weighted by Gasteiger charge is -2.40. The third-order valence-electron chi connectivity index (χ3n) is 5.18. The molecule has 0 amide bonds. The molecule has 1 aromatic carbocycles. The van der Waals surface area contributed by atoms with Gasteiger partial charge in [0.1, 0.15) is 5.82 Å². The fourth-order valence-corrected chi connectivity index (χ4v) is 4.02. The summed E-state index contributed by atoms with van der Waals surface area (Å²) < 4.78 is 19.1. The molecule has 0 aromatic heterocycles. The highest BCUT2D eigenvalue weighted by Crippen LogP contribution is 2.46. The van der Waals surface area contributed by atoms with Gasteiger partial charge in [0.2, 0.25) is 0 Å². The summed E-state index contributed by atoms with van der Waals surface area (Å²) in [5.74, 6) is -0.132. The quantitative estimate of drug-likeness (QED) is 0.714. The van der Waals surface area contributed by atoms with Crippen LogP contribution in [0.1, 0.15) is 44.1 Å². The zero-order valence-corrected chi connectivity index (χ0v) is 13.9. The van der Waals surface area contributed by atoms with Crippen LogP contribution in [-0.4, -0.2) is 13.7 Å². The Bertz CT molecular complexity index is 633. The molecule has 0 N–H and O–H groups in total. The lowest BCUT2D eigenvalue weighted by atomic mass is 9.64. The van der Waals surface area contributed by atoms with E-state index >= 15 is 0 Å². The van der Waals surface area contributed by atoms with Gasteiger partial charge in [0, 0.05) is 12.5 Å². The van der Waals surface area contributed by atoms with E-state index in [0.717, 1.165) is 24.8 Å². The van der Waals surface area contributed by atoms with Gasteiger partial charge in [0.15, 0.2) is 0 Å². The van der Waals surface area contributed by atoms with Gasteiger partial charge < -0.3 is 4.74 Å². The van der Waals surface area contributed by atoms with E-state index in [4.69, 9.17) is 4.74 Å². The van der Waals surface area contributed by atoms with Crippen molar-refractivity contribution >= 4 is 0 Å². The number of rotatable bonds is 4. The fraction of sp³-hybridized carbons (Fsp3) is 0.429. The molecule has 1 nitrogen and oxygen atoms in total. The van der Waals surface area contributed by atoms with Gasteiger partial charge in [0.25, 0.3) is 0 Å². The summed E-state index contributed by atoms with van der Waals surface area (Å²) >= 11 is 0. The molecule has 1 saturated carbocycles. The number of benzene rings is 1. The number of allylic oxidation sites excluding steroid dienone is 4. The first-order valence-corrected chi connectivity index (χ1v) is 8.56. The molecular weight excluding hydrogens is 287 g/mol. The highest BCUT2D eigenvalue weighted by atomic mass is 19.1. The molecule has 2 aliphatic rings. The van der Waals surface area contributed by atoms with Crippen LogP contribution in [0.5, 0.6) is 0 Å². The number of methoxy groups -OCH3 is 1. The van der Waals surface area contributed by atoms with Crippen LogP contribution >= 0.6 is 0 Å². The Balaban J connectivity index is 2.01. The first-order valence-electron chi connectivity index (χ1n) is 8.56. The van der Waals surface area contributed by atoms with Crippen molar-refractivity contribution in [2.24, 2.45) is 0 Å². The fourth-order valence-electron chi connectivity index (χ4n) is 4.02. The summed E-state index contributed by atoms with van der Waals surface area (Å²) in [6.45, 7) is 0.632. The van der Waals surface area contributed by atoms with Gasteiger partial charge in [-0.3, -0.25) is 0 Å². The summed E-state index contributed by atoms with van der Waals surface area (Å²) in [6.07, 6.45) is 15.7. The molecule has 122 valence electrons. The lowest BCUT2D eigenvalue weighted by molar-refractivity contribution is 0.228. The van der Waals surface area contributed by atoms with E-state index < -0.39 is 0 Å². The van der Waals surface area contributed by atoms with Crippen molar-refractivity contribution in [1.29, 1.82) is 0 Å². The standard InChI is InChI=1S/C21H25FO/c1-23-16-17-7-5-8-18(12-11-17)21(13-3-2-4-14-21)19-9-6-10-20(22)15-19/h5-7,9-12,15H,2-4,8,13-14,16H2,1H3. The van der Waals surface area contributed by atoms with Crippen molar-refractivity contribution in [3.63, 3.8) is 0 Å². The summed E-state index contributed by atoms with van der Waals surface area (Å²) in [6, 6.07) is 7.22. The van der Waals surface area contributed by atoms with Crippen LogP contribution in [0.4, 0.5) is 4.39 Å². The molecule has 1 fully saturated rings. The van der Waals surface area contributed by atoms with Gasteiger partial charge in [-0.1, -0.05) is 61.3 Å². The minimum atomic E-state index is -0.132. The van der Waals surface area contributed by atoms with Gasteiger partial charge in [0.05, 0.1) is 6.61 Å². The topological polar surface area (TPSA) is 9.23 Å². The Hall–Kier alpha value is -1.67. The first kappa shape index (κ1) is 16.2. The van der Waals surface area contributed by atoms with Crippen molar-refractivity contribution in [3.8, 4) is 0 Å². The third-order valence-corrected chi connectivity index (χ3v) is 5.18. The predicted octanol–water partition coefficient (Wildman–Crippen LogP) is 5.49. The van der Waals surface area contributed by atoms with E-state index in [0.29, 0.717) is 6.61 Å². The summed E-state index contributed by atoms with van der Waals surface area (Å²) in [5, 5.41) is 0. The third kappa shape index (κ3) is 3.48. The second-order valence-electron chi connectivity index (χ2n) is 6.63. The van der Waals surface area contributed by atoms with Gasteiger partial charge in [-0.15, -0.1) is 0 Å². The van der Waals surface area contributed by atoms with Crippen molar-refractivity contribution < 1.29 is 9.13 Å². The Labute approximate surface area is 138 Å². The van der Waals surface area contributed by atoms with E-state index in [1.807, 2.05) is 6.07 Å². The minimum absolute atomic E-state index is 0.0102. The molecule has 23 heavy (non-hydrogen) atoms. The first-order chi connectivity index (χ1) is 11.2. The lowest BCUT2D eigenvalue weighted by Crippen LogP contribution is -2.31. The number of hydrogen-bond donors (Lipinski definition) is 0. The number of ether oxygens (including phenoxy) is 1. The Kier molecular flexibility index (Phi) is 5.12. The van der Waals surface area contributed by atoms with E-state index in [9.17, 15) is 4.39 Å². The van der Waals surface area contributed by atoms with Crippen LogP contribution < -0.4 is 0 Å². The average molecular weight is 312 g/mol. The molecule has 2 heteroatoms. The second-order valence-corrected chi connectivity index (χ2v) is 6.63. The molecule has 1 aromatic rings. The van der Waals surface area contributed by atoms with Crippen LogP contribution in [0.25, 0.3) is 0 Å². The predicted molar refractivity (Wildman–Crippen MR) is 93.0 cm³/mol. The van der Waals surface area contributed by atoms with Crippen molar-refractivity contribution in [2.75, 3.05) is 13.7 Å². The summed E-state index contributed by atoms with van der Waals surface area (Å²) in [4.78, 5) is 0. The van der Waals surface area contributed by atoms with Crippen LogP contribution in [-0.2, 0) is 10.2 Å². The number of halogens is 1. The molecule has 0 atom stereocenters. The Morgan fingerprint density at radius 1 is 1.13 bits per heavy atom. The van der Waals surface area contributed by atoms with E-state index in [1.54, 1.807) is 13.2 Å². The molecule has 0 bridgehead atoms. The van der Waals surface area contributed by atoms with E-state index in [2.05, 4.69) is 30.4 Å². The summed E-state index contributed by atoms with van der Waals surface area (Å²) in [7, 11) is 1.72. The van der Waals surface area contributed by atoms with Crippen molar-refractivity contribution in [2.45, 2.75) is 43.9 Å². The smallest absolute Gasteiger partial charge is 0.123 e. The highest BCUT2D eigenvalue weighted by Gasteiger charge is 2.37. The molecule has 0 spiro atoms. The maximum absolute atomic E-state index is 13.8. The zero-order valence-electron chi connectivity index (χ0n) is 13.9. The normalized spacial score (nSPS) is 20.6. The molecule has 2 aliphatic carbocycles. The zero-order chi connectivity index (χ0) is 16.1. The van der Waals surface area contributed by atoms with E-state index in [1.165, 1.54) is 36.5 Å². The highest BCUT2D eigenvalue weighted by molar-refractivity contribution is 5.43. The molecule has 0 radical (unpaired) electrons. The molecule has 0 saturated heterocycles. The molecule has 0 unspecified atom stereocenters. The number of hydrogen-bond acceptors (Lipinski definition) is 1. The van der Waals surface area contributed by atoms with Gasteiger partial charge in [-0.25, -0.2) is 4.39 Å². The summed E-state index contributed by atoms with van der Waals surface area (Å²) in [5.41, 5.74) is 3.72. The van der Waals surface area contributed by atoms with Crippen LogP contribution in [0, 0.1) is 5.82 Å². The molecule has 0 heterocycles. The Morgan fingerprint density at radius 2 is 1.96 bits per heavy atom. The average Bonchev–Trinajstić information content (AvgIpc) is 2.82. The molecule has 3 rings (SSSR count). The largest absolute Gasteiger partial charge is 0.380 e. The van der Waals surface area contributed by atoms with Crippen molar-refractivity contribution in [1.82, 2.24) is 0 Å². The van der Waals surface area contributed by atoms with Gasteiger partial charge >= 0.3 is 0 Å². The minimum Gasteiger partial charge on any atom is -0.380 e. The van der Waals surface area contributed by atoms with Crippen LogP contribution in [0.3, 0.4) is 0 Å². The van der Waals surface area contributed by atoms with E-state index in [-0.39, 0.29) is 11.2 Å².